The monoisotopic (exact) mass is 747 g/mol. The Kier molecular flexibility index (Phi) is 15.3. The number of esters is 1. The van der Waals surface area contributed by atoms with Crippen molar-refractivity contribution < 1.29 is 63.2 Å². The molecule has 14 heteroatoms. The van der Waals surface area contributed by atoms with Gasteiger partial charge >= 0.3 is 5.97 Å². The van der Waals surface area contributed by atoms with E-state index in [1.165, 1.54) is 21.1 Å². The summed E-state index contributed by atoms with van der Waals surface area (Å²) < 4.78 is 43.9. The largest absolute Gasteiger partial charge is 0.459 e. The standard InChI is InChI=1S/C38H69NO13/c1-15-26-38(10,45)31(42)21(4)28(40)19(2)17-37(9,47-14)33(52-35-29(41)25(39(11)12)16-20(3)48-35)22(5)30(23(6)34(44)50-26)51-27-18-36(8,46-13)32(43)24(7)49-27/h19-27,29-33,35,41-43,45H,15-18H2,1-14H3/t19-,20-,21+,22+,23-,24-,25-,26-,27+,29-,30+,31-,32+,33-,35+,36-,37-,38-/m1/s1. The van der Waals surface area contributed by atoms with Crippen LogP contribution in [0.2, 0.25) is 0 Å². The SMILES string of the molecule is CC[C@H]1OC(=O)[C@H](C)[C@@H](O[C@H]2C[C@@](C)(OC)[C@@H](O)[C@@H](C)O2)[C@H](C)[C@@H](O[C@@H]2O[C@H](C)C[C@@H](N(C)C)[C@H]2O)[C@](C)(OC)C[C@@H](C)C(=O)[C@H](C)[C@@H](O)[C@]1(C)O. The van der Waals surface area contributed by atoms with E-state index in [4.69, 9.17) is 33.2 Å². The van der Waals surface area contributed by atoms with Crippen molar-refractivity contribution in [3.05, 3.63) is 0 Å². The summed E-state index contributed by atoms with van der Waals surface area (Å²) in [5.74, 6) is -4.47. The minimum absolute atomic E-state index is 0.111. The van der Waals surface area contributed by atoms with E-state index in [0.29, 0.717) is 6.42 Å². The average Bonchev–Trinajstić information content (AvgIpc) is 3.09. The summed E-state index contributed by atoms with van der Waals surface area (Å²) in [5.41, 5.74) is -4.24. The van der Waals surface area contributed by atoms with Gasteiger partial charge in [0.2, 0.25) is 0 Å². The molecule has 52 heavy (non-hydrogen) atoms. The van der Waals surface area contributed by atoms with Crippen molar-refractivity contribution in [1.82, 2.24) is 4.90 Å². The highest BCUT2D eigenvalue weighted by atomic mass is 16.7. The number of hydrogen-bond acceptors (Lipinski definition) is 14. The second-order valence-electron chi connectivity index (χ2n) is 16.6. The quantitative estimate of drug-likeness (QED) is 0.266. The highest BCUT2D eigenvalue weighted by Gasteiger charge is 2.54. The van der Waals surface area contributed by atoms with E-state index in [9.17, 15) is 30.0 Å². The van der Waals surface area contributed by atoms with Gasteiger partial charge in [-0.1, -0.05) is 27.7 Å². The first-order chi connectivity index (χ1) is 24.0. The maximum absolute atomic E-state index is 14.2. The van der Waals surface area contributed by atoms with Crippen molar-refractivity contribution in [2.45, 2.75) is 179 Å². The smallest absolute Gasteiger partial charge is 0.311 e. The summed E-state index contributed by atoms with van der Waals surface area (Å²) in [6.45, 7) is 17.1. The number of nitrogens with zero attached hydrogens (tertiary/aromatic N) is 1. The number of ketones is 1. The molecule has 3 saturated heterocycles. The normalized spacial score (nSPS) is 49.0. The molecule has 14 nitrogen and oxygen atoms in total. The number of carbonyl (C=O) groups is 2. The van der Waals surface area contributed by atoms with Gasteiger partial charge < -0.3 is 58.5 Å². The lowest BCUT2D eigenvalue weighted by Gasteiger charge is -2.50. The Balaban J connectivity index is 2.22. The Morgan fingerprint density at radius 1 is 0.846 bits per heavy atom. The zero-order valence-electron chi connectivity index (χ0n) is 33.9. The molecule has 3 fully saturated rings. The maximum Gasteiger partial charge on any atom is 0.311 e. The second-order valence-corrected chi connectivity index (χ2v) is 16.6. The van der Waals surface area contributed by atoms with Gasteiger partial charge in [0.1, 0.15) is 29.7 Å². The third-order valence-corrected chi connectivity index (χ3v) is 12.3. The number of ether oxygens (including phenoxy) is 7. The summed E-state index contributed by atoms with van der Waals surface area (Å²) >= 11 is 0. The molecule has 0 aromatic carbocycles. The van der Waals surface area contributed by atoms with Crippen molar-refractivity contribution in [2.24, 2.45) is 23.7 Å². The molecule has 3 heterocycles. The van der Waals surface area contributed by atoms with Gasteiger partial charge in [0.15, 0.2) is 12.6 Å². The molecule has 0 aromatic rings. The van der Waals surface area contributed by atoms with Crippen LogP contribution in [0.4, 0.5) is 0 Å². The molecule has 0 bridgehead atoms. The van der Waals surface area contributed by atoms with E-state index in [-0.39, 0.29) is 37.2 Å². The molecule has 0 amide bonds. The van der Waals surface area contributed by atoms with Gasteiger partial charge in [-0.15, -0.1) is 0 Å². The van der Waals surface area contributed by atoms with Crippen LogP contribution in [0.5, 0.6) is 0 Å². The van der Waals surface area contributed by atoms with Gasteiger partial charge in [0.25, 0.3) is 0 Å². The molecule has 0 spiro atoms. The van der Waals surface area contributed by atoms with Gasteiger partial charge in [-0.3, -0.25) is 9.59 Å². The van der Waals surface area contributed by atoms with E-state index < -0.39 is 102 Å². The lowest BCUT2D eigenvalue weighted by molar-refractivity contribution is -0.319. The number of carbonyl (C=O) groups excluding carboxylic acids is 2. The van der Waals surface area contributed by atoms with Crippen LogP contribution in [-0.2, 0) is 42.7 Å². The number of methoxy groups -OCH3 is 2. The molecule has 0 aromatic heterocycles. The van der Waals surface area contributed by atoms with Crippen LogP contribution < -0.4 is 0 Å². The van der Waals surface area contributed by atoms with E-state index in [1.54, 1.807) is 48.5 Å². The zero-order chi connectivity index (χ0) is 39.7. The first kappa shape index (κ1) is 45.1. The van der Waals surface area contributed by atoms with Gasteiger partial charge in [-0.25, -0.2) is 0 Å². The predicted molar refractivity (Wildman–Crippen MR) is 191 cm³/mol. The molecular weight excluding hydrogens is 678 g/mol. The van der Waals surface area contributed by atoms with Gasteiger partial charge in [0, 0.05) is 44.4 Å². The van der Waals surface area contributed by atoms with Crippen LogP contribution in [0.15, 0.2) is 0 Å². The molecule has 3 aliphatic rings. The Bertz CT molecular complexity index is 1190. The summed E-state index contributed by atoms with van der Waals surface area (Å²) in [6.07, 6.45) is -8.73. The van der Waals surface area contributed by atoms with Crippen LogP contribution in [0.3, 0.4) is 0 Å². The fourth-order valence-corrected chi connectivity index (χ4v) is 8.58. The molecule has 4 N–H and O–H groups in total. The van der Waals surface area contributed by atoms with Crippen LogP contribution in [0, 0.1) is 23.7 Å². The Hall–Kier alpha value is -1.30. The Morgan fingerprint density at radius 3 is 1.98 bits per heavy atom. The first-order valence-corrected chi connectivity index (χ1v) is 18.9. The lowest BCUT2D eigenvalue weighted by atomic mass is 9.74. The number of aliphatic hydroxyl groups is 4. The maximum atomic E-state index is 14.2. The number of cyclic esters (lactones) is 1. The summed E-state index contributed by atoms with van der Waals surface area (Å²) in [6, 6.07) is -0.283. The molecule has 18 atom stereocenters. The minimum atomic E-state index is -1.96. The fraction of sp³-hybridized carbons (Fsp3) is 0.947. The summed E-state index contributed by atoms with van der Waals surface area (Å²) in [7, 11) is 6.77. The van der Waals surface area contributed by atoms with Crippen molar-refractivity contribution >= 4 is 11.8 Å². The van der Waals surface area contributed by atoms with Gasteiger partial charge in [0.05, 0.1) is 47.6 Å². The van der Waals surface area contributed by atoms with E-state index in [1.807, 2.05) is 32.8 Å². The molecule has 0 saturated carbocycles. The van der Waals surface area contributed by atoms with Crippen molar-refractivity contribution in [3.8, 4) is 0 Å². The molecule has 3 rings (SSSR count). The minimum Gasteiger partial charge on any atom is -0.459 e. The number of rotatable bonds is 8. The Morgan fingerprint density at radius 2 is 1.44 bits per heavy atom. The second kappa shape index (κ2) is 17.7. The van der Waals surface area contributed by atoms with Crippen LogP contribution >= 0.6 is 0 Å². The topological polar surface area (TPSA) is 183 Å². The number of likely N-dealkylation sites (N-methyl/N-ethyl adjacent to an activating group) is 1. The Labute approximate surface area is 310 Å². The molecule has 304 valence electrons. The number of aliphatic hydroxyl groups excluding tert-OH is 3. The van der Waals surface area contributed by atoms with Crippen molar-refractivity contribution in [3.63, 3.8) is 0 Å². The van der Waals surface area contributed by atoms with Gasteiger partial charge in [-0.05, 0) is 74.9 Å². The average molecular weight is 748 g/mol. The summed E-state index contributed by atoms with van der Waals surface area (Å²) in [4.78, 5) is 30.1. The van der Waals surface area contributed by atoms with Gasteiger partial charge in [-0.2, -0.15) is 0 Å². The molecule has 0 aliphatic carbocycles. The van der Waals surface area contributed by atoms with Crippen molar-refractivity contribution in [1.29, 1.82) is 0 Å². The molecule has 0 unspecified atom stereocenters. The van der Waals surface area contributed by atoms with Crippen LogP contribution in [0.1, 0.15) is 94.9 Å². The van der Waals surface area contributed by atoms with E-state index in [0.717, 1.165) is 0 Å². The molecule has 3 aliphatic heterocycles. The van der Waals surface area contributed by atoms with E-state index >= 15 is 0 Å². The highest BCUT2D eigenvalue weighted by Crippen LogP contribution is 2.41. The van der Waals surface area contributed by atoms with Crippen LogP contribution in [-0.4, -0.2) is 150 Å². The first-order valence-electron chi connectivity index (χ1n) is 18.9. The lowest BCUT2D eigenvalue weighted by Crippen LogP contribution is -2.61. The van der Waals surface area contributed by atoms with Crippen LogP contribution in [0.25, 0.3) is 0 Å². The number of hydrogen-bond donors (Lipinski definition) is 4. The van der Waals surface area contributed by atoms with Crippen molar-refractivity contribution in [2.75, 3.05) is 28.3 Å². The summed E-state index contributed by atoms with van der Waals surface area (Å²) in [5, 5.41) is 45.6. The zero-order valence-corrected chi connectivity index (χ0v) is 33.9. The predicted octanol–water partition coefficient (Wildman–Crippen LogP) is 2.44. The molecule has 0 radical (unpaired) electrons. The third-order valence-electron chi connectivity index (χ3n) is 12.3. The molecular formula is C38H69NO13. The number of Topliss-reactive ketones (excluding diaryl/α,β-unsaturated/α-hetero) is 1. The van der Waals surface area contributed by atoms with E-state index in [2.05, 4.69) is 0 Å². The third kappa shape index (κ3) is 9.38. The highest BCUT2D eigenvalue weighted by molar-refractivity contribution is 5.83. The fourth-order valence-electron chi connectivity index (χ4n) is 8.58.